The first kappa shape index (κ1) is 11.4. The van der Waals surface area contributed by atoms with Crippen molar-refractivity contribution in [2.24, 2.45) is 17.8 Å². The Hall–Kier alpha value is -0.0800. The zero-order chi connectivity index (χ0) is 10.8. The van der Waals surface area contributed by atoms with E-state index in [0.29, 0.717) is 18.1 Å². The van der Waals surface area contributed by atoms with Crippen LogP contribution in [0.3, 0.4) is 0 Å². The van der Waals surface area contributed by atoms with Crippen LogP contribution in [0.15, 0.2) is 0 Å². The quantitative estimate of drug-likeness (QED) is 0.719. The molecule has 0 radical (unpaired) electrons. The van der Waals surface area contributed by atoms with E-state index in [-0.39, 0.29) is 0 Å². The zero-order valence-corrected chi connectivity index (χ0v) is 10.3. The van der Waals surface area contributed by atoms with E-state index in [0.717, 1.165) is 25.0 Å². The van der Waals surface area contributed by atoms with Gasteiger partial charge in [0.25, 0.3) is 0 Å². The van der Waals surface area contributed by atoms with Crippen molar-refractivity contribution in [3.63, 3.8) is 0 Å². The van der Waals surface area contributed by atoms with Crippen LogP contribution >= 0.6 is 0 Å². The third kappa shape index (κ3) is 2.73. The van der Waals surface area contributed by atoms with E-state index in [2.05, 4.69) is 26.1 Å². The second-order valence-corrected chi connectivity index (χ2v) is 5.81. The van der Waals surface area contributed by atoms with Gasteiger partial charge in [-0.3, -0.25) is 0 Å². The van der Waals surface area contributed by atoms with Crippen molar-refractivity contribution >= 4 is 0 Å². The van der Waals surface area contributed by atoms with Crippen molar-refractivity contribution in [1.29, 1.82) is 0 Å². The number of hydrogen-bond acceptors (Lipinski definition) is 2. The summed E-state index contributed by atoms with van der Waals surface area (Å²) in [6.45, 7) is 9.05. The summed E-state index contributed by atoms with van der Waals surface area (Å²) < 4.78 is 5.98. The number of ether oxygens (including phenoxy) is 1. The highest BCUT2D eigenvalue weighted by Gasteiger charge is 2.33. The van der Waals surface area contributed by atoms with Crippen LogP contribution in [0, 0.1) is 17.8 Å². The third-order valence-corrected chi connectivity index (χ3v) is 4.09. The molecule has 1 aliphatic heterocycles. The molecule has 0 aromatic rings. The van der Waals surface area contributed by atoms with E-state index in [1.54, 1.807) is 0 Å². The van der Waals surface area contributed by atoms with Gasteiger partial charge in [0.05, 0.1) is 12.7 Å². The Labute approximate surface area is 93.8 Å². The minimum Gasteiger partial charge on any atom is -0.376 e. The zero-order valence-electron chi connectivity index (χ0n) is 10.3. The molecule has 2 aliphatic rings. The van der Waals surface area contributed by atoms with Gasteiger partial charge in [0.1, 0.15) is 0 Å². The largest absolute Gasteiger partial charge is 0.376 e. The Balaban J connectivity index is 1.94. The summed E-state index contributed by atoms with van der Waals surface area (Å²) in [4.78, 5) is 0. The normalized spacial score (nSPS) is 42.4. The number of nitrogens with one attached hydrogen (secondary N) is 1. The van der Waals surface area contributed by atoms with E-state index in [9.17, 15) is 0 Å². The van der Waals surface area contributed by atoms with Crippen molar-refractivity contribution in [2.45, 2.75) is 52.2 Å². The summed E-state index contributed by atoms with van der Waals surface area (Å²) in [5.41, 5.74) is 0. The molecule has 1 saturated carbocycles. The Kier molecular flexibility index (Phi) is 3.68. The lowest BCUT2D eigenvalue weighted by molar-refractivity contribution is -0.00355. The summed E-state index contributed by atoms with van der Waals surface area (Å²) >= 11 is 0. The molecule has 4 unspecified atom stereocenters. The fourth-order valence-corrected chi connectivity index (χ4v) is 2.89. The highest BCUT2D eigenvalue weighted by Crippen LogP contribution is 2.32. The van der Waals surface area contributed by atoms with E-state index < -0.39 is 0 Å². The first-order valence-electron chi connectivity index (χ1n) is 6.51. The van der Waals surface area contributed by atoms with Crippen LogP contribution < -0.4 is 5.32 Å². The van der Waals surface area contributed by atoms with Crippen molar-refractivity contribution in [1.82, 2.24) is 5.32 Å². The minimum atomic E-state index is 0.491. The standard InChI is InChI=1S/C13H25NO/c1-9(2)11-4-5-13-12(6-11)14-7-10(3)8-15-13/h9-14H,4-8H2,1-3H3. The maximum Gasteiger partial charge on any atom is 0.0728 e. The Bertz CT molecular complexity index is 205. The van der Waals surface area contributed by atoms with Crippen LogP contribution in [-0.4, -0.2) is 25.3 Å². The van der Waals surface area contributed by atoms with Gasteiger partial charge in [-0.1, -0.05) is 20.8 Å². The number of rotatable bonds is 1. The molecule has 2 fully saturated rings. The molecule has 88 valence electrons. The van der Waals surface area contributed by atoms with Gasteiger partial charge in [-0.05, 0) is 37.0 Å². The van der Waals surface area contributed by atoms with Gasteiger partial charge in [-0.2, -0.15) is 0 Å². The predicted molar refractivity (Wildman–Crippen MR) is 62.9 cm³/mol. The van der Waals surface area contributed by atoms with Crippen molar-refractivity contribution < 1.29 is 4.74 Å². The molecule has 2 nitrogen and oxygen atoms in total. The molecule has 2 rings (SSSR count). The van der Waals surface area contributed by atoms with Gasteiger partial charge in [0.15, 0.2) is 0 Å². The van der Waals surface area contributed by atoms with E-state index in [1.165, 1.54) is 19.3 Å². The van der Waals surface area contributed by atoms with Gasteiger partial charge >= 0.3 is 0 Å². The Morgan fingerprint density at radius 2 is 2.07 bits per heavy atom. The average molecular weight is 211 g/mol. The molecule has 2 heteroatoms. The van der Waals surface area contributed by atoms with E-state index in [1.807, 2.05) is 0 Å². The fraction of sp³-hybridized carbons (Fsp3) is 1.00. The predicted octanol–water partition coefficient (Wildman–Crippen LogP) is 2.44. The smallest absolute Gasteiger partial charge is 0.0728 e. The molecule has 0 amide bonds. The lowest BCUT2D eigenvalue weighted by Gasteiger charge is -2.36. The molecule has 1 N–H and O–H groups in total. The van der Waals surface area contributed by atoms with Gasteiger partial charge < -0.3 is 10.1 Å². The molecule has 0 aromatic heterocycles. The summed E-state index contributed by atoms with van der Waals surface area (Å²) in [5, 5.41) is 3.69. The molecule has 1 heterocycles. The van der Waals surface area contributed by atoms with Crippen LogP contribution in [0.4, 0.5) is 0 Å². The van der Waals surface area contributed by atoms with Gasteiger partial charge in [0.2, 0.25) is 0 Å². The molecule has 1 aliphatic carbocycles. The maximum absolute atomic E-state index is 5.98. The number of fused-ring (bicyclic) bond motifs is 1. The van der Waals surface area contributed by atoms with Crippen LogP contribution in [0.5, 0.6) is 0 Å². The van der Waals surface area contributed by atoms with E-state index >= 15 is 0 Å². The Morgan fingerprint density at radius 3 is 2.80 bits per heavy atom. The number of hydrogen-bond donors (Lipinski definition) is 1. The highest BCUT2D eigenvalue weighted by molar-refractivity contribution is 4.88. The second kappa shape index (κ2) is 4.84. The summed E-state index contributed by atoms with van der Waals surface area (Å²) in [7, 11) is 0. The third-order valence-electron chi connectivity index (χ3n) is 4.09. The second-order valence-electron chi connectivity index (χ2n) is 5.81. The minimum absolute atomic E-state index is 0.491. The molecule has 0 spiro atoms. The van der Waals surface area contributed by atoms with Crippen molar-refractivity contribution in [2.75, 3.05) is 13.2 Å². The average Bonchev–Trinajstić information content (AvgIpc) is 2.40. The van der Waals surface area contributed by atoms with Crippen LogP contribution in [-0.2, 0) is 4.74 Å². The molecule has 0 aromatic carbocycles. The summed E-state index contributed by atoms with van der Waals surface area (Å²) in [6.07, 6.45) is 4.42. The van der Waals surface area contributed by atoms with Gasteiger partial charge in [0, 0.05) is 12.6 Å². The first-order valence-corrected chi connectivity index (χ1v) is 6.51. The summed E-state index contributed by atoms with van der Waals surface area (Å²) in [6, 6.07) is 0.621. The highest BCUT2D eigenvalue weighted by atomic mass is 16.5. The summed E-state index contributed by atoms with van der Waals surface area (Å²) in [5.74, 6) is 2.40. The lowest BCUT2D eigenvalue weighted by atomic mass is 9.78. The molecular weight excluding hydrogens is 186 g/mol. The maximum atomic E-state index is 5.98. The molecular formula is C13H25NO. The topological polar surface area (TPSA) is 21.3 Å². The van der Waals surface area contributed by atoms with Crippen LogP contribution in [0.25, 0.3) is 0 Å². The van der Waals surface area contributed by atoms with Gasteiger partial charge in [-0.15, -0.1) is 0 Å². The fourth-order valence-electron chi connectivity index (χ4n) is 2.89. The van der Waals surface area contributed by atoms with E-state index in [4.69, 9.17) is 4.74 Å². The molecule has 1 saturated heterocycles. The molecule has 0 bridgehead atoms. The SMILES string of the molecule is CC1CNC2CC(C(C)C)CCC2OC1. The van der Waals surface area contributed by atoms with Crippen LogP contribution in [0.1, 0.15) is 40.0 Å². The molecule has 4 atom stereocenters. The van der Waals surface area contributed by atoms with Gasteiger partial charge in [-0.25, -0.2) is 0 Å². The van der Waals surface area contributed by atoms with Crippen molar-refractivity contribution in [3.05, 3.63) is 0 Å². The van der Waals surface area contributed by atoms with Crippen LogP contribution in [0.2, 0.25) is 0 Å². The monoisotopic (exact) mass is 211 g/mol. The Morgan fingerprint density at radius 1 is 1.27 bits per heavy atom. The molecule has 15 heavy (non-hydrogen) atoms. The lowest BCUT2D eigenvalue weighted by Crippen LogP contribution is -2.45. The first-order chi connectivity index (χ1) is 7.16. The van der Waals surface area contributed by atoms with Crippen molar-refractivity contribution in [3.8, 4) is 0 Å².